The SMILES string of the molecule is Fc1ccccc1.NC(=O)c1ccccc1C(=O)N[C@H]1CCN(c2ccc3nccn3n2)C1. The first-order valence-corrected chi connectivity index (χ1v) is 10.5. The lowest BCUT2D eigenvalue weighted by Crippen LogP contribution is -2.38. The van der Waals surface area contributed by atoms with Crippen molar-refractivity contribution in [1.82, 2.24) is 19.9 Å². The first-order valence-electron chi connectivity index (χ1n) is 10.5. The predicted molar refractivity (Wildman–Crippen MR) is 122 cm³/mol. The summed E-state index contributed by atoms with van der Waals surface area (Å²) in [7, 11) is 0. The molecule has 2 aromatic heterocycles. The zero-order valence-electron chi connectivity index (χ0n) is 17.8. The van der Waals surface area contributed by atoms with Crippen LogP contribution in [-0.2, 0) is 0 Å². The molecule has 0 radical (unpaired) electrons. The molecule has 8 nitrogen and oxygen atoms in total. The minimum Gasteiger partial charge on any atom is -0.366 e. The quantitative estimate of drug-likeness (QED) is 0.501. The van der Waals surface area contributed by atoms with Crippen LogP contribution in [0.4, 0.5) is 10.2 Å². The molecule has 2 amide bonds. The molecule has 2 aromatic carbocycles. The molecule has 168 valence electrons. The molecule has 0 spiro atoms. The molecule has 1 atom stereocenters. The number of nitrogens with one attached hydrogen (secondary N) is 1. The number of carbonyl (C=O) groups is 2. The lowest BCUT2D eigenvalue weighted by molar-refractivity contribution is 0.0925. The van der Waals surface area contributed by atoms with Crippen LogP contribution in [0.1, 0.15) is 27.1 Å². The van der Waals surface area contributed by atoms with E-state index in [1.54, 1.807) is 59.4 Å². The number of fused-ring (bicyclic) bond motifs is 1. The highest BCUT2D eigenvalue weighted by molar-refractivity contribution is 6.06. The smallest absolute Gasteiger partial charge is 0.252 e. The van der Waals surface area contributed by atoms with Gasteiger partial charge in [0, 0.05) is 31.5 Å². The van der Waals surface area contributed by atoms with Gasteiger partial charge in [-0.05, 0) is 42.8 Å². The van der Waals surface area contributed by atoms with Gasteiger partial charge < -0.3 is 16.0 Å². The fourth-order valence-electron chi connectivity index (χ4n) is 3.63. The Balaban J connectivity index is 0.000000318. The lowest BCUT2D eigenvalue weighted by atomic mass is 10.1. The Kier molecular flexibility index (Phi) is 6.58. The van der Waals surface area contributed by atoms with E-state index in [4.69, 9.17) is 5.73 Å². The van der Waals surface area contributed by atoms with E-state index in [0.29, 0.717) is 12.1 Å². The number of carbonyl (C=O) groups excluding carboxylic acids is 2. The molecule has 3 N–H and O–H groups in total. The van der Waals surface area contributed by atoms with Gasteiger partial charge in [-0.25, -0.2) is 13.9 Å². The summed E-state index contributed by atoms with van der Waals surface area (Å²) in [4.78, 5) is 30.3. The van der Waals surface area contributed by atoms with E-state index in [0.717, 1.165) is 24.4 Å². The second-order valence-electron chi connectivity index (χ2n) is 7.53. The van der Waals surface area contributed by atoms with Gasteiger partial charge in [-0.15, -0.1) is 5.10 Å². The van der Waals surface area contributed by atoms with Crippen molar-refractivity contribution >= 4 is 23.3 Å². The van der Waals surface area contributed by atoms with Crippen molar-refractivity contribution in [2.24, 2.45) is 5.73 Å². The molecule has 1 saturated heterocycles. The van der Waals surface area contributed by atoms with Crippen LogP contribution in [0.25, 0.3) is 5.65 Å². The zero-order chi connectivity index (χ0) is 23.2. The number of rotatable bonds is 4. The number of amides is 2. The first kappa shape index (κ1) is 21.9. The molecular formula is C24H23FN6O2. The van der Waals surface area contributed by atoms with Gasteiger partial charge in [0.1, 0.15) is 11.6 Å². The van der Waals surface area contributed by atoms with Gasteiger partial charge in [0.25, 0.3) is 5.91 Å². The van der Waals surface area contributed by atoms with E-state index in [2.05, 4.69) is 20.3 Å². The fourth-order valence-corrected chi connectivity index (χ4v) is 3.63. The van der Waals surface area contributed by atoms with Crippen molar-refractivity contribution in [3.63, 3.8) is 0 Å². The van der Waals surface area contributed by atoms with Gasteiger partial charge in [-0.2, -0.15) is 0 Å². The van der Waals surface area contributed by atoms with Gasteiger partial charge in [0.2, 0.25) is 5.91 Å². The molecule has 1 aliphatic rings. The number of hydrogen-bond donors (Lipinski definition) is 2. The molecule has 33 heavy (non-hydrogen) atoms. The van der Waals surface area contributed by atoms with Crippen LogP contribution >= 0.6 is 0 Å². The van der Waals surface area contributed by atoms with Crippen molar-refractivity contribution in [3.8, 4) is 0 Å². The molecule has 5 rings (SSSR count). The monoisotopic (exact) mass is 446 g/mol. The summed E-state index contributed by atoms with van der Waals surface area (Å²) >= 11 is 0. The second-order valence-corrected chi connectivity index (χ2v) is 7.53. The summed E-state index contributed by atoms with van der Waals surface area (Å²) in [5.41, 5.74) is 6.68. The minimum absolute atomic E-state index is 0.0243. The molecule has 0 bridgehead atoms. The fraction of sp³-hybridized carbons (Fsp3) is 0.167. The molecule has 1 aliphatic heterocycles. The number of halogens is 1. The summed E-state index contributed by atoms with van der Waals surface area (Å²) < 4.78 is 13.6. The number of imidazole rings is 1. The molecule has 3 heterocycles. The largest absolute Gasteiger partial charge is 0.366 e. The molecule has 1 fully saturated rings. The van der Waals surface area contributed by atoms with E-state index >= 15 is 0 Å². The standard InChI is InChI=1S/C18H18N6O2.C6H5F/c19-17(25)13-3-1-2-4-14(13)18(26)21-12-7-9-23(11-12)16-6-5-15-20-8-10-24(15)22-16;7-6-4-2-1-3-5-6/h1-6,8,10,12H,7,9,11H2,(H2,19,25)(H,21,26);1-5H/t12-;/m0./s1. The van der Waals surface area contributed by atoms with Crippen molar-refractivity contribution in [3.05, 3.63) is 96.1 Å². The van der Waals surface area contributed by atoms with E-state index in [-0.39, 0.29) is 23.3 Å². The number of benzene rings is 2. The number of nitrogens with two attached hydrogens (primary N) is 1. The topological polar surface area (TPSA) is 106 Å². The van der Waals surface area contributed by atoms with Gasteiger partial charge >= 0.3 is 0 Å². The van der Waals surface area contributed by atoms with Crippen molar-refractivity contribution in [2.45, 2.75) is 12.5 Å². The summed E-state index contributed by atoms with van der Waals surface area (Å²) in [6.45, 7) is 1.44. The number of nitrogens with zero attached hydrogens (tertiary/aromatic N) is 4. The van der Waals surface area contributed by atoms with Crippen LogP contribution in [0.15, 0.2) is 79.1 Å². The summed E-state index contributed by atoms with van der Waals surface area (Å²) in [5.74, 6) is -0.238. The van der Waals surface area contributed by atoms with Crippen LogP contribution in [-0.4, -0.2) is 45.5 Å². The Hall–Kier alpha value is -4.27. The molecular weight excluding hydrogens is 423 g/mol. The van der Waals surface area contributed by atoms with Crippen molar-refractivity contribution in [2.75, 3.05) is 18.0 Å². The third kappa shape index (κ3) is 5.32. The van der Waals surface area contributed by atoms with Gasteiger partial charge in [-0.3, -0.25) is 9.59 Å². The average molecular weight is 446 g/mol. The zero-order valence-corrected chi connectivity index (χ0v) is 17.8. The number of primary amides is 1. The molecule has 0 unspecified atom stereocenters. The highest BCUT2D eigenvalue weighted by Gasteiger charge is 2.26. The van der Waals surface area contributed by atoms with Crippen molar-refractivity contribution < 1.29 is 14.0 Å². The minimum atomic E-state index is -0.610. The normalized spacial score (nSPS) is 15.1. The molecule has 9 heteroatoms. The summed E-state index contributed by atoms with van der Waals surface area (Å²) in [5, 5.41) is 7.52. The maximum absolute atomic E-state index is 12.5. The van der Waals surface area contributed by atoms with Crippen LogP contribution in [0.3, 0.4) is 0 Å². The van der Waals surface area contributed by atoms with E-state index < -0.39 is 5.91 Å². The lowest BCUT2D eigenvalue weighted by Gasteiger charge is -2.18. The highest BCUT2D eigenvalue weighted by atomic mass is 19.1. The van der Waals surface area contributed by atoms with E-state index in [9.17, 15) is 14.0 Å². The molecule has 0 saturated carbocycles. The number of anilines is 1. The van der Waals surface area contributed by atoms with Gasteiger partial charge in [-0.1, -0.05) is 30.3 Å². The second kappa shape index (κ2) is 9.90. The summed E-state index contributed by atoms with van der Waals surface area (Å²) in [6.07, 6.45) is 4.30. The maximum Gasteiger partial charge on any atom is 0.252 e. The highest BCUT2D eigenvalue weighted by Crippen LogP contribution is 2.19. The third-order valence-corrected chi connectivity index (χ3v) is 5.26. The van der Waals surface area contributed by atoms with Crippen LogP contribution < -0.4 is 16.0 Å². The van der Waals surface area contributed by atoms with E-state index in [1.807, 2.05) is 12.1 Å². The number of aromatic nitrogens is 3. The molecule has 4 aromatic rings. The Bertz CT molecular complexity index is 1260. The molecule has 0 aliphatic carbocycles. The van der Waals surface area contributed by atoms with Gasteiger partial charge in [0.15, 0.2) is 5.65 Å². The van der Waals surface area contributed by atoms with E-state index in [1.165, 1.54) is 12.1 Å². The predicted octanol–water partition coefficient (Wildman–Crippen LogP) is 2.66. The average Bonchev–Trinajstić information content (AvgIpc) is 3.49. The maximum atomic E-state index is 12.5. The van der Waals surface area contributed by atoms with Crippen LogP contribution in [0.2, 0.25) is 0 Å². The Morgan fingerprint density at radius 2 is 1.73 bits per heavy atom. The first-order chi connectivity index (χ1) is 16.0. The van der Waals surface area contributed by atoms with Crippen LogP contribution in [0.5, 0.6) is 0 Å². The Morgan fingerprint density at radius 3 is 2.42 bits per heavy atom. The van der Waals surface area contributed by atoms with Crippen molar-refractivity contribution in [1.29, 1.82) is 0 Å². The van der Waals surface area contributed by atoms with Gasteiger partial charge in [0.05, 0.1) is 11.1 Å². The Morgan fingerprint density at radius 1 is 1.00 bits per heavy atom. The third-order valence-electron chi connectivity index (χ3n) is 5.26. The summed E-state index contributed by atoms with van der Waals surface area (Å²) in [6, 6.07) is 18.3. The Labute approximate surface area is 189 Å². The number of hydrogen-bond acceptors (Lipinski definition) is 5. The van der Waals surface area contributed by atoms with Crippen LogP contribution in [0, 0.1) is 5.82 Å².